The first-order chi connectivity index (χ1) is 10.6. The molecule has 2 fully saturated rings. The lowest BCUT2D eigenvalue weighted by atomic mass is 10.1. The Morgan fingerprint density at radius 3 is 2.82 bits per heavy atom. The fourth-order valence-electron chi connectivity index (χ4n) is 3.71. The third-order valence-corrected chi connectivity index (χ3v) is 4.73. The van der Waals surface area contributed by atoms with Crippen molar-refractivity contribution in [1.82, 2.24) is 10.3 Å². The van der Waals surface area contributed by atoms with E-state index in [9.17, 15) is 9.18 Å². The molecule has 1 N–H and O–H groups in total. The number of ether oxygens (including phenoxy) is 1. The fraction of sp³-hybridized carbons (Fsp3) is 0.412. The van der Waals surface area contributed by atoms with Gasteiger partial charge in [0.25, 0.3) is 0 Å². The number of nitrogens with zero attached hydrogens (tertiary/aromatic N) is 1. The Hall–Kier alpha value is -2.17. The highest BCUT2D eigenvalue weighted by Crippen LogP contribution is 2.53. The maximum Gasteiger partial charge on any atom is 0.217 e. The molecule has 2 saturated carbocycles. The Balaban J connectivity index is 1.48. The molecule has 0 radical (unpaired) electrons. The number of hydrogen-bond acceptors (Lipinski definition) is 3. The van der Waals surface area contributed by atoms with Crippen LogP contribution in [0.15, 0.2) is 30.5 Å². The summed E-state index contributed by atoms with van der Waals surface area (Å²) in [5.74, 6) is 1.49. The van der Waals surface area contributed by atoms with E-state index >= 15 is 0 Å². The average molecular weight is 300 g/mol. The number of hydrogen-bond donors (Lipinski definition) is 1. The van der Waals surface area contributed by atoms with E-state index in [1.165, 1.54) is 12.1 Å². The Labute approximate surface area is 127 Å². The number of pyridine rings is 1. The van der Waals surface area contributed by atoms with Gasteiger partial charge in [-0.25, -0.2) is 4.39 Å². The minimum Gasteiger partial charge on any atom is -0.490 e. The molecule has 4 nitrogen and oxygen atoms in total. The van der Waals surface area contributed by atoms with Crippen molar-refractivity contribution in [1.29, 1.82) is 0 Å². The Morgan fingerprint density at radius 1 is 1.32 bits per heavy atom. The molecule has 114 valence electrons. The zero-order valence-electron chi connectivity index (χ0n) is 12.3. The molecule has 22 heavy (non-hydrogen) atoms. The van der Waals surface area contributed by atoms with Crippen molar-refractivity contribution in [3.63, 3.8) is 0 Å². The van der Waals surface area contributed by atoms with Crippen LogP contribution in [-0.2, 0) is 4.79 Å². The Kier molecular flexibility index (Phi) is 3.03. The molecule has 0 saturated heterocycles. The third kappa shape index (κ3) is 2.30. The zero-order chi connectivity index (χ0) is 15.3. The van der Waals surface area contributed by atoms with Crippen LogP contribution in [0.4, 0.5) is 4.39 Å². The van der Waals surface area contributed by atoms with Gasteiger partial charge in [-0.3, -0.25) is 9.78 Å². The number of fused-ring (bicyclic) bond motifs is 2. The Bertz CT molecular complexity index is 737. The van der Waals surface area contributed by atoms with Gasteiger partial charge in [0.2, 0.25) is 5.91 Å². The summed E-state index contributed by atoms with van der Waals surface area (Å²) in [6, 6.07) is 6.65. The molecule has 1 heterocycles. The van der Waals surface area contributed by atoms with Crippen LogP contribution in [-0.4, -0.2) is 23.0 Å². The Morgan fingerprint density at radius 2 is 2.09 bits per heavy atom. The fourth-order valence-corrected chi connectivity index (χ4v) is 3.71. The number of carbonyl (C=O) groups excluding carboxylic acids is 1. The second-order valence-corrected chi connectivity index (χ2v) is 6.24. The molecule has 2 aliphatic rings. The lowest BCUT2D eigenvalue weighted by Gasteiger charge is -2.18. The van der Waals surface area contributed by atoms with Crippen LogP contribution in [0, 0.1) is 17.7 Å². The quantitative estimate of drug-likeness (QED) is 0.948. The molecule has 2 unspecified atom stereocenters. The number of carbonyl (C=O) groups is 1. The molecule has 1 amide bonds. The molecule has 4 rings (SSSR count). The largest absolute Gasteiger partial charge is 0.490 e. The summed E-state index contributed by atoms with van der Waals surface area (Å²) in [6.45, 7) is 1.56. The number of benzene rings is 1. The van der Waals surface area contributed by atoms with Gasteiger partial charge in [-0.15, -0.1) is 0 Å². The zero-order valence-corrected chi connectivity index (χ0v) is 12.3. The van der Waals surface area contributed by atoms with Gasteiger partial charge in [-0.05, 0) is 48.9 Å². The van der Waals surface area contributed by atoms with Crippen LogP contribution in [0.5, 0.6) is 5.75 Å². The maximum atomic E-state index is 13.4. The molecular formula is C17H17FN2O2. The summed E-state index contributed by atoms with van der Waals surface area (Å²) in [4.78, 5) is 15.3. The van der Waals surface area contributed by atoms with Crippen LogP contribution in [0.25, 0.3) is 10.9 Å². The highest BCUT2D eigenvalue weighted by atomic mass is 19.1. The molecule has 0 spiro atoms. The SMILES string of the molecule is CC(=O)NC1C2CC(Oc3ccnc4ccc(F)cc34)CC21. The summed E-state index contributed by atoms with van der Waals surface area (Å²) >= 11 is 0. The highest BCUT2D eigenvalue weighted by molar-refractivity contribution is 5.84. The molecule has 2 aromatic rings. The van der Waals surface area contributed by atoms with Crippen molar-refractivity contribution in [2.24, 2.45) is 11.8 Å². The number of halogens is 1. The van der Waals surface area contributed by atoms with Crippen LogP contribution < -0.4 is 10.1 Å². The highest BCUT2D eigenvalue weighted by Gasteiger charge is 2.57. The van der Waals surface area contributed by atoms with E-state index in [0.717, 1.165) is 18.4 Å². The van der Waals surface area contributed by atoms with Gasteiger partial charge in [-0.1, -0.05) is 0 Å². The summed E-state index contributed by atoms with van der Waals surface area (Å²) in [7, 11) is 0. The van der Waals surface area contributed by atoms with Crippen molar-refractivity contribution < 1.29 is 13.9 Å². The number of rotatable bonds is 3. The van der Waals surface area contributed by atoms with E-state index in [4.69, 9.17) is 4.74 Å². The van der Waals surface area contributed by atoms with Crippen LogP contribution >= 0.6 is 0 Å². The van der Waals surface area contributed by atoms with Crippen LogP contribution in [0.2, 0.25) is 0 Å². The summed E-state index contributed by atoms with van der Waals surface area (Å²) < 4.78 is 19.5. The van der Waals surface area contributed by atoms with Crippen molar-refractivity contribution in [3.05, 3.63) is 36.3 Å². The number of nitrogens with one attached hydrogen (secondary N) is 1. The van der Waals surface area contributed by atoms with E-state index in [1.54, 1.807) is 25.3 Å². The van der Waals surface area contributed by atoms with Gasteiger partial charge in [0.05, 0.1) is 11.6 Å². The van der Waals surface area contributed by atoms with Crippen molar-refractivity contribution in [2.75, 3.05) is 0 Å². The van der Waals surface area contributed by atoms with E-state index < -0.39 is 0 Å². The van der Waals surface area contributed by atoms with Gasteiger partial charge in [-0.2, -0.15) is 0 Å². The normalized spacial score (nSPS) is 29.2. The van der Waals surface area contributed by atoms with Gasteiger partial charge >= 0.3 is 0 Å². The number of amides is 1. The van der Waals surface area contributed by atoms with E-state index in [1.807, 2.05) is 0 Å². The summed E-state index contributed by atoms with van der Waals surface area (Å²) in [5, 5.41) is 3.70. The lowest BCUT2D eigenvalue weighted by Crippen LogP contribution is -2.28. The lowest BCUT2D eigenvalue weighted by molar-refractivity contribution is -0.119. The molecule has 1 aromatic heterocycles. The minimum atomic E-state index is -0.287. The molecule has 5 heteroatoms. The topological polar surface area (TPSA) is 51.2 Å². The number of aromatic nitrogens is 1. The van der Waals surface area contributed by atoms with Gasteiger partial charge < -0.3 is 10.1 Å². The van der Waals surface area contributed by atoms with Crippen LogP contribution in [0.3, 0.4) is 0 Å². The third-order valence-electron chi connectivity index (χ3n) is 4.73. The van der Waals surface area contributed by atoms with E-state index in [2.05, 4.69) is 10.3 Å². The van der Waals surface area contributed by atoms with Crippen molar-refractivity contribution >= 4 is 16.8 Å². The van der Waals surface area contributed by atoms with Crippen molar-refractivity contribution in [3.8, 4) is 5.75 Å². The molecule has 2 aliphatic carbocycles. The predicted molar refractivity (Wildman–Crippen MR) is 79.9 cm³/mol. The minimum absolute atomic E-state index is 0.0347. The first kappa shape index (κ1) is 13.5. The smallest absolute Gasteiger partial charge is 0.217 e. The van der Waals surface area contributed by atoms with Gasteiger partial charge in [0.15, 0.2) is 0 Å². The average Bonchev–Trinajstić information content (AvgIpc) is 2.93. The standard InChI is InChI=1S/C17H17FN2O2/c1-9(21)20-17-12-7-11(8-13(12)17)22-16-4-5-19-15-3-2-10(18)6-14(15)16/h2-6,11-13,17H,7-8H2,1H3,(H,20,21). The first-order valence-electron chi connectivity index (χ1n) is 7.60. The molecule has 2 atom stereocenters. The summed E-state index contributed by atoms with van der Waals surface area (Å²) in [5.41, 5.74) is 0.734. The predicted octanol–water partition coefficient (Wildman–Crippen LogP) is 2.67. The van der Waals surface area contributed by atoms with E-state index in [0.29, 0.717) is 29.0 Å². The van der Waals surface area contributed by atoms with Crippen LogP contribution in [0.1, 0.15) is 19.8 Å². The second kappa shape index (κ2) is 4.93. The van der Waals surface area contributed by atoms with E-state index in [-0.39, 0.29) is 17.8 Å². The van der Waals surface area contributed by atoms with Gasteiger partial charge in [0, 0.05) is 24.5 Å². The maximum absolute atomic E-state index is 13.4. The summed E-state index contributed by atoms with van der Waals surface area (Å²) in [6.07, 6.45) is 3.70. The van der Waals surface area contributed by atoms with Crippen molar-refractivity contribution in [2.45, 2.75) is 31.9 Å². The first-order valence-corrected chi connectivity index (χ1v) is 7.60. The molecular weight excluding hydrogens is 283 g/mol. The molecule has 0 bridgehead atoms. The van der Waals surface area contributed by atoms with Gasteiger partial charge in [0.1, 0.15) is 11.6 Å². The molecule has 0 aliphatic heterocycles. The monoisotopic (exact) mass is 300 g/mol. The molecule has 1 aromatic carbocycles. The second-order valence-electron chi connectivity index (χ2n) is 6.24.